The Morgan fingerprint density at radius 3 is 2.94 bits per heavy atom. The zero-order chi connectivity index (χ0) is 12.3. The Bertz CT molecular complexity index is 387. The van der Waals surface area contributed by atoms with E-state index >= 15 is 0 Å². The van der Waals surface area contributed by atoms with E-state index in [9.17, 15) is 4.79 Å². The monoisotopic (exact) mass is 257 g/mol. The minimum Gasteiger partial charge on any atom is -0.440 e. The first-order valence-electron chi connectivity index (χ1n) is 5.75. The van der Waals surface area contributed by atoms with Crippen molar-refractivity contribution in [2.24, 2.45) is 5.92 Å². The number of nitrogens with zero attached hydrogens (tertiary/aromatic N) is 1. The van der Waals surface area contributed by atoms with Crippen LogP contribution in [0.25, 0.3) is 0 Å². The summed E-state index contributed by atoms with van der Waals surface area (Å²) in [7, 11) is 1.72. The Morgan fingerprint density at radius 1 is 1.59 bits per heavy atom. The lowest BCUT2D eigenvalue weighted by molar-refractivity contribution is 0.0654. The molecule has 0 N–H and O–H groups in total. The second-order valence-corrected chi connectivity index (χ2v) is 4.72. The quantitative estimate of drug-likeness (QED) is 0.735. The second-order valence-electron chi connectivity index (χ2n) is 4.35. The van der Waals surface area contributed by atoms with Crippen molar-refractivity contribution in [3.05, 3.63) is 23.1 Å². The zero-order valence-corrected chi connectivity index (χ0v) is 10.6. The number of hydrogen-bond acceptors (Lipinski definition) is 3. The van der Waals surface area contributed by atoms with E-state index in [4.69, 9.17) is 20.8 Å². The van der Waals surface area contributed by atoms with Crippen LogP contribution in [0.4, 0.5) is 0 Å². The number of halogens is 1. The largest absolute Gasteiger partial charge is 0.440 e. The molecular formula is C12H16ClNO3. The molecule has 0 aliphatic heterocycles. The zero-order valence-electron chi connectivity index (χ0n) is 9.82. The fourth-order valence-electron chi connectivity index (χ4n) is 1.45. The van der Waals surface area contributed by atoms with Gasteiger partial charge in [-0.3, -0.25) is 4.79 Å². The Kier molecular flexibility index (Phi) is 4.07. The summed E-state index contributed by atoms with van der Waals surface area (Å²) < 4.78 is 10.5. The molecular weight excluding hydrogens is 242 g/mol. The Hall–Kier alpha value is -1.00. The van der Waals surface area contributed by atoms with Gasteiger partial charge in [0.1, 0.15) is 0 Å². The lowest BCUT2D eigenvalue weighted by atomic mass is 10.4. The topological polar surface area (TPSA) is 42.7 Å². The lowest BCUT2D eigenvalue weighted by Gasteiger charge is -2.15. The summed E-state index contributed by atoms with van der Waals surface area (Å²) in [5, 5.41) is 0.228. The molecule has 1 aromatic rings. The SMILES string of the molecule is CN(CCOCC1CC1)C(=O)c1ccc(Cl)o1. The van der Waals surface area contributed by atoms with Gasteiger partial charge in [0.05, 0.1) is 6.61 Å². The molecule has 94 valence electrons. The van der Waals surface area contributed by atoms with Crippen LogP contribution in [0.1, 0.15) is 23.4 Å². The molecule has 1 aromatic heterocycles. The Morgan fingerprint density at radius 2 is 2.35 bits per heavy atom. The average Bonchev–Trinajstić information content (AvgIpc) is 3.04. The van der Waals surface area contributed by atoms with E-state index in [1.54, 1.807) is 24.1 Å². The summed E-state index contributed by atoms with van der Waals surface area (Å²) >= 11 is 5.62. The molecule has 1 aliphatic rings. The van der Waals surface area contributed by atoms with E-state index in [1.165, 1.54) is 12.8 Å². The van der Waals surface area contributed by atoms with Crippen molar-refractivity contribution in [2.75, 3.05) is 26.8 Å². The average molecular weight is 258 g/mol. The van der Waals surface area contributed by atoms with Crippen LogP contribution >= 0.6 is 11.6 Å². The molecule has 0 radical (unpaired) electrons. The van der Waals surface area contributed by atoms with Crippen LogP contribution in [0.3, 0.4) is 0 Å². The molecule has 0 spiro atoms. The number of furan rings is 1. The van der Waals surface area contributed by atoms with Crippen LogP contribution in [0.15, 0.2) is 16.5 Å². The van der Waals surface area contributed by atoms with Gasteiger partial charge < -0.3 is 14.1 Å². The number of hydrogen-bond donors (Lipinski definition) is 0. The highest BCUT2D eigenvalue weighted by atomic mass is 35.5. The standard InChI is InChI=1S/C12H16ClNO3/c1-14(6-7-16-8-9-2-3-9)12(15)10-4-5-11(13)17-10/h4-5,9H,2-3,6-8H2,1H3. The highest BCUT2D eigenvalue weighted by Gasteiger charge is 2.21. The molecule has 5 heteroatoms. The van der Waals surface area contributed by atoms with E-state index in [2.05, 4.69) is 0 Å². The van der Waals surface area contributed by atoms with E-state index < -0.39 is 0 Å². The van der Waals surface area contributed by atoms with E-state index in [-0.39, 0.29) is 16.9 Å². The van der Waals surface area contributed by atoms with Crippen LogP contribution < -0.4 is 0 Å². The predicted octanol–water partition coefficient (Wildman–Crippen LogP) is 2.43. The van der Waals surface area contributed by atoms with Gasteiger partial charge in [-0.1, -0.05) is 0 Å². The van der Waals surface area contributed by atoms with E-state index in [0.717, 1.165) is 12.5 Å². The maximum absolute atomic E-state index is 11.8. The molecule has 0 aromatic carbocycles. The highest BCUT2D eigenvalue weighted by molar-refractivity contribution is 6.29. The van der Waals surface area contributed by atoms with Crippen LogP contribution in [-0.4, -0.2) is 37.6 Å². The van der Waals surface area contributed by atoms with Gasteiger partial charge in [0.15, 0.2) is 11.0 Å². The number of rotatable bonds is 6. The first-order valence-corrected chi connectivity index (χ1v) is 6.13. The minimum absolute atomic E-state index is 0.174. The number of carbonyl (C=O) groups is 1. The molecule has 0 saturated heterocycles. The molecule has 1 saturated carbocycles. The molecule has 0 unspecified atom stereocenters. The van der Waals surface area contributed by atoms with E-state index in [0.29, 0.717) is 13.2 Å². The molecule has 17 heavy (non-hydrogen) atoms. The van der Waals surface area contributed by atoms with Gasteiger partial charge in [-0.15, -0.1) is 0 Å². The van der Waals surface area contributed by atoms with Crippen LogP contribution in [0.2, 0.25) is 5.22 Å². The molecule has 1 aliphatic carbocycles. The minimum atomic E-state index is -0.174. The van der Waals surface area contributed by atoms with Crippen molar-refractivity contribution >= 4 is 17.5 Å². The molecule has 1 fully saturated rings. The van der Waals surface area contributed by atoms with Gasteiger partial charge >= 0.3 is 0 Å². The molecule has 4 nitrogen and oxygen atoms in total. The summed E-state index contributed by atoms with van der Waals surface area (Å²) in [4.78, 5) is 13.4. The molecule has 1 heterocycles. The van der Waals surface area contributed by atoms with Gasteiger partial charge in [0, 0.05) is 20.2 Å². The third-order valence-corrected chi connectivity index (χ3v) is 2.96. The highest BCUT2D eigenvalue weighted by Crippen LogP contribution is 2.28. The van der Waals surface area contributed by atoms with Crippen molar-refractivity contribution in [1.29, 1.82) is 0 Å². The molecule has 0 bridgehead atoms. The first kappa shape index (κ1) is 12.5. The third kappa shape index (κ3) is 3.75. The maximum Gasteiger partial charge on any atom is 0.289 e. The summed E-state index contributed by atoms with van der Waals surface area (Å²) in [6.07, 6.45) is 2.55. The van der Waals surface area contributed by atoms with Crippen molar-refractivity contribution < 1.29 is 13.9 Å². The fourth-order valence-corrected chi connectivity index (χ4v) is 1.60. The van der Waals surface area contributed by atoms with Gasteiger partial charge in [0.2, 0.25) is 0 Å². The predicted molar refractivity (Wildman–Crippen MR) is 64.2 cm³/mol. The number of likely N-dealkylation sites (N-methyl/N-ethyl adjacent to an activating group) is 1. The first-order chi connectivity index (χ1) is 8.16. The van der Waals surface area contributed by atoms with Gasteiger partial charge in [-0.05, 0) is 42.5 Å². The fraction of sp³-hybridized carbons (Fsp3) is 0.583. The lowest BCUT2D eigenvalue weighted by Crippen LogP contribution is -2.30. The maximum atomic E-state index is 11.8. The second kappa shape index (κ2) is 5.56. The summed E-state index contributed by atoms with van der Waals surface area (Å²) in [6.45, 7) is 1.94. The molecule has 2 rings (SSSR count). The van der Waals surface area contributed by atoms with Gasteiger partial charge in [-0.25, -0.2) is 0 Å². The van der Waals surface area contributed by atoms with Crippen LogP contribution in [0, 0.1) is 5.92 Å². The summed E-state index contributed by atoms with van der Waals surface area (Å²) in [6, 6.07) is 3.14. The Balaban J connectivity index is 1.70. The van der Waals surface area contributed by atoms with Crippen LogP contribution in [-0.2, 0) is 4.74 Å². The van der Waals surface area contributed by atoms with Crippen molar-refractivity contribution in [2.45, 2.75) is 12.8 Å². The number of carbonyl (C=O) groups excluding carboxylic acids is 1. The van der Waals surface area contributed by atoms with Gasteiger partial charge in [0.25, 0.3) is 5.91 Å². The normalized spacial score (nSPS) is 14.9. The van der Waals surface area contributed by atoms with Crippen molar-refractivity contribution in [3.8, 4) is 0 Å². The van der Waals surface area contributed by atoms with Crippen molar-refractivity contribution in [1.82, 2.24) is 4.90 Å². The molecule has 0 atom stereocenters. The number of ether oxygens (including phenoxy) is 1. The van der Waals surface area contributed by atoms with Crippen LogP contribution in [0.5, 0.6) is 0 Å². The Labute approximate surface area is 105 Å². The van der Waals surface area contributed by atoms with E-state index in [1.807, 2.05) is 0 Å². The third-order valence-electron chi connectivity index (χ3n) is 2.75. The van der Waals surface area contributed by atoms with Gasteiger partial charge in [-0.2, -0.15) is 0 Å². The van der Waals surface area contributed by atoms with Crippen molar-refractivity contribution in [3.63, 3.8) is 0 Å². The molecule has 1 amide bonds. The summed E-state index contributed by atoms with van der Waals surface area (Å²) in [5.41, 5.74) is 0. The number of amides is 1. The summed E-state index contributed by atoms with van der Waals surface area (Å²) in [5.74, 6) is 0.839. The smallest absolute Gasteiger partial charge is 0.289 e.